The largest absolute Gasteiger partial charge is 0.370 e. The minimum Gasteiger partial charge on any atom is -0.370 e. The van der Waals surface area contributed by atoms with Crippen molar-refractivity contribution in [2.45, 2.75) is 127 Å². The Morgan fingerprint density at radius 1 is 1.00 bits per heavy atom. The highest BCUT2D eigenvalue weighted by atomic mass is 32.2. The summed E-state index contributed by atoms with van der Waals surface area (Å²) < 4.78 is 0. The molecule has 15 nitrogen and oxygen atoms in total. The van der Waals surface area contributed by atoms with Gasteiger partial charge in [0, 0.05) is 31.0 Å². The van der Waals surface area contributed by atoms with Crippen molar-refractivity contribution in [2.75, 3.05) is 18.8 Å². The quantitative estimate of drug-likeness (QED) is 0.0981. The third-order valence-electron chi connectivity index (χ3n) is 10.6. The molecule has 5 atom stereocenters. The molecule has 2 fully saturated rings. The lowest BCUT2D eigenvalue weighted by atomic mass is 9.83. The van der Waals surface area contributed by atoms with Gasteiger partial charge >= 0.3 is 0 Å². The maximum atomic E-state index is 14.4. The van der Waals surface area contributed by atoms with Crippen LogP contribution in [0.1, 0.15) is 103 Å². The van der Waals surface area contributed by atoms with Gasteiger partial charge in [-0.05, 0) is 67.4 Å². The molecule has 4 rings (SSSR count). The molecule has 2 heterocycles. The molecule has 0 spiro atoms. The van der Waals surface area contributed by atoms with Gasteiger partial charge < -0.3 is 43.0 Å². The zero-order valence-corrected chi connectivity index (χ0v) is 33.8. The first-order valence-corrected chi connectivity index (χ1v) is 21.0. The molecule has 0 aromatic heterocycles. The summed E-state index contributed by atoms with van der Waals surface area (Å²) in [5.74, 6) is -2.66. The minimum atomic E-state index is -1.12. The first kappa shape index (κ1) is 44.1. The lowest BCUT2D eigenvalue weighted by Gasteiger charge is -2.33. The van der Waals surface area contributed by atoms with Crippen LogP contribution in [0.3, 0.4) is 0 Å². The van der Waals surface area contributed by atoms with Crippen LogP contribution >= 0.6 is 11.8 Å². The van der Waals surface area contributed by atoms with Crippen LogP contribution in [0.15, 0.2) is 30.3 Å². The molecule has 308 valence electrons. The predicted octanol–water partition coefficient (Wildman–Crippen LogP) is 2.03. The van der Waals surface area contributed by atoms with Gasteiger partial charge in [0.1, 0.15) is 30.2 Å². The SMILES string of the molecule is CC(C)(C)[C@H](NC(=O)[C@H](CCCNC(=N)N)NC(=O)[C@@H]1CSCc2cccc(c2)/C=C/CCC(=O)N2CCC[C@H]2C(=O)N[C@@H](C2CCCCC2)C(=O)N1)C(N)=O. The third kappa shape index (κ3) is 13.3. The van der Waals surface area contributed by atoms with Crippen LogP contribution in [0, 0.1) is 16.7 Å². The second-order valence-electron chi connectivity index (χ2n) is 16.1. The number of guanidine groups is 1. The van der Waals surface area contributed by atoms with Crippen LogP contribution in [0.25, 0.3) is 6.08 Å². The van der Waals surface area contributed by atoms with Gasteiger partial charge in [-0.15, -0.1) is 0 Å². The van der Waals surface area contributed by atoms with Crippen LogP contribution in [-0.4, -0.2) is 95.4 Å². The van der Waals surface area contributed by atoms with Crippen molar-refractivity contribution in [3.63, 3.8) is 0 Å². The van der Waals surface area contributed by atoms with Gasteiger partial charge in [0.25, 0.3) is 0 Å². The molecule has 16 heteroatoms. The second-order valence-corrected chi connectivity index (χ2v) is 17.2. The molecule has 3 aliphatic rings. The number of carbonyl (C=O) groups is 6. The molecular weight excluding hydrogens is 735 g/mol. The fourth-order valence-corrected chi connectivity index (χ4v) is 8.58. The van der Waals surface area contributed by atoms with E-state index in [1.54, 1.807) is 25.7 Å². The molecule has 0 radical (unpaired) electrons. The van der Waals surface area contributed by atoms with Gasteiger partial charge in [-0.1, -0.05) is 76.5 Å². The number of nitrogens with zero attached hydrogens (tertiary/aromatic N) is 1. The molecule has 6 amide bonds. The van der Waals surface area contributed by atoms with E-state index in [0.29, 0.717) is 38.0 Å². The maximum Gasteiger partial charge on any atom is 0.244 e. The van der Waals surface area contributed by atoms with Crippen molar-refractivity contribution in [1.29, 1.82) is 5.41 Å². The molecule has 1 saturated carbocycles. The van der Waals surface area contributed by atoms with Crippen LogP contribution < -0.4 is 38.1 Å². The Bertz CT molecular complexity index is 1610. The van der Waals surface area contributed by atoms with E-state index in [9.17, 15) is 28.8 Å². The Morgan fingerprint density at radius 2 is 1.75 bits per heavy atom. The standard InChI is InChI=1S/C40H61N9O6S/c1-40(2,3)33(34(41)51)48-35(52)28(17-10-20-44-39(42)43)45-36(53)29-24-56-23-26-14-9-13-25(22-26)12-7-8-19-31(50)49-21-11-18-30(49)37(54)47-32(38(55)46-29)27-15-5-4-6-16-27/h7,9,12-14,22,27-30,32-33H,4-6,8,10-11,15-21,23-24H2,1-3H3,(H2,41,51)(H,45,53)(H,46,55)(H,47,54)(H,48,52)(H4,42,43,44)/b12-7+/t28-,29-,30-,32-,33+/m0/s1. The molecule has 2 aliphatic heterocycles. The number of nitrogens with two attached hydrogens (primary N) is 2. The molecule has 0 unspecified atom stereocenters. The highest BCUT2D eigenvalue weighted by Gasteiger charge is 2.39. The summed E-state index contributed by atoms with van der Waals surface area (Å²) in [5, 5.41) is 21.7. The van der Waals surface area contributed by atoms with Crippen LogP contribution in [0.4, 0.5) is 0 Å². The van der Waals surface area contributed by atoms with Gasteiger partial charge in [0.2, 0.25) is 35.4 Å². The Kier molecular flexibility index (Phi) is 16.6. The number of rotatable bonds is 10. The Balaban J connectivity index is 1.64. The average Bonchev–Trinajstić information content (AvgIpc) is 3.65. The van der Waals surface area contributed by atoms with E-state index in [-0.39, 0.29) is 48.8 Å². The minimum absolute atomic E-state index is 0.105. The molecule has 1 aliphatic carbocycles. The summed E-state index contributed by atoms with van der Waals surface area (Å²) in [7, 11) is 0. The first-order chi connectivity index (χ1) is 26.6. The second kappa shape index (κ2) is 21.1. The maximum absolute atomic E-state index is 14.4. The number of nitrogens with one attached hydrogen (secondary N) is 6. The molecule has 2 bridgehead atoms. The van der Waals surface area contributed by atoms with Gasteiger partial charge in [-0.25, -0.2) is 0 Å². The Morgan fingerprint density at radius 3 is 2.45 bits per heavy atom. The smallest absolute Gasteiger partial charge is 0.244 e. The Labute approximate surface area is 334 Å². The molecule has 1 aromatic rings. The summed E-state index contributed by atoms with van der Waals surface area (Å²) in [6, 6.07) is 3.05. The number of hydrogen-bond acceptors (Lipinski definition) is 8. The van der Waals surface area contributed by atoms with E-state index in [1.165, 1.54) is 11.8 Å². The Hall–Kier alpha value is -4.60. The topological polar surface area (TPSA) is 242 Å². The molecule has 1 saturated heterocycles. The number of primary amides is 1. The summed E-state index contributed by atoms with van der Waals surface area (Å²) >= 11 is 1.44. The number of carbonyl (C=O) groups excluding carboxylic acids is 6. The molecule has 10 N–H and O–H groups in total. The summed E-state index contributed by atoms with van der Waals surface area (Å²) in [6.07, 6.45) is 10.6. The van der Waals surface area contributed by atoms with E-state index < -0.39 is 59.3 Å². The van der Waals surface area contributed by atoms with Gasteiger partial charge in [-0.3, -0.25) is 34.2 Å². The van der Waals surface area contributed by atoms with Gasteiger partial charge in [0.05, 0.1) is 0 Å². The fraction of sp³-hybridized carbons (Fsp3) is 0.625. The zero-order valence-electron chi connectivity index (χ0n) is 33.0. The highest BCUT2D eigenvalue weighted by molar-refractivity contribution is 7.98. The monoisotopic (exact) mass is 795 g/mol. The van der Waals surface area contributed by atoms with Crippen molar-refractivity contribution in [3.8, 4) is 0 Å². The third-order valence-corrected chi connectivity index (χ3v) is 11.7. The van der Waals surface area contributed by atoms with Crippen LogP contribution in [-0.2, 0) is 34.5 Å². The number of benzene rings is 1. The van der Waals surface area contributed by atoms with Crippen molar-refractivity contribution in [2.24, 2.45) is 22.8 Å². The summed E-state index contributed by atoms with van der Waals surface area (Å²) in [5.41, 5.74) is 12.3. The normalized spacial score (nSPS) is 23.4. The summed E-state index contributed by atoms with van der Waals surface area (Å²) in [6.45, 7) is 6.01. The fourth-order valence-electron chi connectivity index (χ4n) is 7.58. The van der Waals surface area contributed by atoms with Crippen molar-refractivity contribution in [3.05, 3.63) is 41.5 Å². The van der Waals surface area contributed by atoms with Gasteiger partial charge in [-0.2, -0.15) is 11.8 Å². The summed E-state index contributed by atoms with van der Waals surface area (Å²) in [4.78, 5) is 83.6. The van der Waals surface area contributed by atoms with Crippen molar-refractivity contribution < 1.29 is 28.8 Å². The predicted molar refractivity (Wildman–Crippen MR) is 218 cm³/mol. The zero-order chi connectivity index (χ0) is 40.8. The van der Waals surface area contributed by atoms with Crippen molar-refractivity contribution >= 4 is 59.2 Å². The number of amides is 6. The van der Waals surface area contributed by atoms with Crippen LogP contribution in [0.5, 0.6) is 0 Å². The molecule has 1 aromatic carbocycles. The van der Waals surface area contributed by atoms with Crippen LogP contribution in [0.2, 0.25) is 0 Å². The lowest BCUT2D eigenvalue weighted by Crippen LogP contribution is -2.61. The molecular formula is C40H61N9O6S. The lowest BCUT2D eigenvalue weighted by molar-refractivity contribution is -0.140. The number of allylic oxidation sites excluding steroid dienone is 1. The van der Waals surface area contributed by atoms with E-state index in [0.717, 1.165) is 43.2 Å². The van der Waals surface area contributed by atoms with E-state index in [4.69, 9.17) is 16.9 Å². The van der Waals surface area contributed by atoms with E-state index in [2.05, 4.69) is 26.6 Å². The average molecular weight is 796 g/mol. The number of hydrogen-bond donors (Lipinski definition) is 8. The molecule has 56 heavy (non-hydrogen) atoms. The highest BCUT2D eigenvalue weighted by Crippen LogP contribution is 2.28. The van der Waals surface area contributed by atoms with E-state index in [1.807, 2.05) is 36.4 Å². The number of thioether (sulfide) groups is 1. The number of fused-ring (bicyclic) bond motifs is 3. The van der Waals surface area contributed by atoms with Crippen molar-refractivity contribution in [1.82, 2.24) is 31.5 Å². The van der Waals surface area contributed by atoms with E-state index >= 15 is 0 Å². The first-order valence-electron chi connectivity index (χ1n) is 19.9. The van der Waals surface area contributed by atoms with Gasteiger partial charge in [0.15, 0.2) is 5.96 Å².